The minimum atomic E-state index is -0.970. The van der Waals surface area contributed by atoms with E-state index >= 15 is 0 Å². The summed E-state index contributed by atoms with van der Waals surface area (Å²) in [6, 6.07) is 5.07. The van der Waals surface area contributed by atoms with E-state index in [0.29, 0.717) is 10.8 Å². The molecule has 162 valence electrons. The van der Waals surface area contributed by atoms with Crippen molar-refractivity contribution in [2.45, 2.75) is 46.6 Å². The molecule has 30 heavy (non-hydrogen) atoms. The van der Waals surface area contributed by atoms with E-state index in [-0.39, 0.29) is 11.8 Å². The molecule has 2 aliphatic carbocycles. The summed E-state index contributed by atoms with van der Waals surface area (Å²) in [6.07, 6.45) is 0.703. The summed E-state index contributed by atoms with van der Waals surface area (Å²) < 4.78 is 5.65. The highest BCUT2D eigenvalue weighted by atomic mass is 35.5. The highest BCUT2D eigenvalue weighted by molar-refractivity contribution is 6.30. The summed E-state index contributed by atoms with van der Waals surface area (Å²) in [5, 5.41) is 10.3. The molecule has 2 amide bonds. The van der Waals surface area contributed by atoms with Crippen molar-refractivity contribution in [3.63, 3.8) is 0 Å². The summed E-state index contributed by atoms with van der Waals surface area (Å²) in [5.74, 6) is -3.13. The average molecular weight is 435 g/mol. The van der Waals surface area contributed by atoms with Crippen molar-refractivity contribution in [3.8, 4) is 5.75 Å². The number of benzene rings is 1. The molecule has 5 atom stereocenters. The quantitative estimate of drug-likeness (QED) is 0.487. The Balaban J connectivity index is 1.64. The Labute approximate surface area is 180 Å². The molecule has 2 bridgehead atoms. The molecule has 2 saturated carbocycles. The maximum absolute atomic E-state index is 12.8. The largest absolute Gasteiger partial charge is 0.481 e. The molecule has 0 unspecified atom stereocenters. The maximum atomic E-state index is 12.8. The number of carboxylic acid groups (broad SMARTS) is 1. The Morgan fingerprint density at radius 2 is 1.77 bits per heavy atom. The number of fused-ring (bicyclic) bond motifs is 2. The van der Waals surface area contributed by atoms with E-state index in [1.165, 1.54) is 0 Å². The lowest BCUT2D eigenvalue weighted by atomic mass is 9.79. The molecule has 7 nitrogen and oxygen atoms in total. The van der Waals surface area contributed by atoms with Crippen LogP contribution in [0.25, 0.3) is 0 Å². The van der Waals surface area contributed by atoms with Crippen LogP contribution < -0.4 is 15.6 Å². The predicted molar refractivity (Wildman–Crippen MR) is 112 cm³/mol. The minimum absolute atomic E-state index is 0.0941. The van der Waals surface area contributed by atoms with Gasteiger partial charge in [0.1, 0.15) is 5.75 Å². The van der Waals surface area contributed by atoms with Crippen LogP contribution in [0.2, 0.25) is 5.02 Å². The van der Waals surface area contributed by atoms with E-state index < -0.39 is 35.7 Å². The first-order chi connectivity index (χ1) is 14.1. The lowest BCUT2D eigenvalue weighted by Gasteiger charge is -2.26. The lowest BCUT2D eigenvalue weighted by molar-refractivity contribution is -0.150. The van der Waals surface area contributed by atoms with Crippen LogP contribution in [0.3, 0.4) is 0 Å². The maximum Gasteiger partial charge on any atom is 0.307 e. The van der Waals surface area contributed by atoms with Crippen LogP contribution in [0.4, 0.5) is 0 Å². The molecule has 3 rings (SSSR count). The van der Waals surface area contributed by atoms with Gasteiger partial charge in [-0.3, -0.25) is 25.2 Å². The molecule has 0 heterocycles. The van der Waals surface area contributed by atoms with Crippen molar-refractivity contribution < 1.29 is 24.2 Å². The van der Waals surface area contributed by atoms with Gasteiger partial charge >= 0.3 is 5.97 Å². The fraction of sp³-hybridized carbons (Fsp3) is 0.500. The zero-order valence-electron chi connectivity index (χ0n) is 17.5. The van der Waals surface area contributed by atoms with Gasteiger partial charge in [-0.05, 0) is 76.1 Å². The number of carbonyl (C=O) groups is 3. The summed E-state index contributed by atoms with van der Waals surface area (Å²) in [7, 11) is 0. The summed E-state index contributed by atoms with van der Waals surface area (Å²) >= 11 is 5.93. The van der Waals surface area contributed by atoms with E-state index in [0.717, 1.165) is 29.6 Å². The van der Waals surface area contributed by atoms with E-state index in [2.05, 4.69) is 10.9 Å². The van der Waals surface area contributed by atoms with Crippen molar-refractivity contribution >= 4 is 29.4 Å². The Kier molecular flexibility index (Phi) is 6.41. The Bertz CT molecular complexity index is 909. The fourth-order valence-corrected chi connectivity index (χ4v) is 5.13. The number of hydrogen-bond acceptors (Lipinski definition) is 4. The molecule has 1 aromatic rings. The Morgan fingerprint density at radius 1 is 1.13 bits per heavy atom. The molecule has 8 heteroatoms. The second-order valence-corrected chi connectivity index (χ2v) is 8.72. The molecule has 0 radical (unpaired) electrons. The normalized spacial score (nSPS) is 25.6. The zero-order chi connectivity index (χ0) is 22.2. The first-order valence-electron chi connectivity index (χ1n) is 10.0. The van der Waals surface area contributed by atoms with Gasteiger partial charge in [0.05, 0.1) is 11.8 Å². The molecule has 0 spiro atoms. The Hall–Kier alpha value is -2.54. The molecule has 2 aliphatic rings. The SMILES string of the molecule is CC(C)=C1[C@H]2CC[C@H]1[C@H](C(=O)NNC(=O)[C@H](C)Oc1ccc(Cl)cc1C)[C@H]2C(=O)O. The van der Waals surface area contributed by atoms with E-state index in [4.69, 9.17) is 16.3 Å². The highest BCUT2D eigenvalue weighted by Crippen LogP contribution is 2.57. The third kappa shape index (κ3) is 4.17. The number of amides is 2. The molecule has 0 saturated heterocycles. The first kappa shape index (κ1) is 22.2. The minimum Gasteiger partial charge on any atom is -0.481 e. The number of allylic oxidation sites excluding steroid dienone is 2. The van der Waals surface area contributed by atoms with Gasteiger partial charge in [0.2, 0.25) is 5.91 Å². The third-order valence-electron chi connectivity index (χ3n) is 6.13. The topological polar surface area (TPSA) is 105 Å². The number of halogens is 1. The number of ether oxygens (including phenoxy) is 1. The Morgan fingerprint density at radius 3 is 2.33 bits per heavy atom. The number of carboxylic acids is 1. The van der Waals surface area contributed by atoms with E-state index in [1.54, 1.807) is 25.1 Å². The van der Waals surface area contributed by atoms with E-state index in [1.807, 2.05) is 20.8 Å². The van der Waals surface area contributed by atoms with Gasteiger partial charge in [-0.1, -0.05) is 22.7 Å². The van der Waals surface area contributed by atoms with Crippen LogP contribution in [0, 0.1) is 30.6 Å². The van der Waals surface area contributed by atoms with Crippen molar-refractivity contribution in [2.75, 3.05) is 0 Å². The molecular weight excluding hydrogens is 408 g/mol. The van der Waals surface area contributed by atoms with Gasteiger partial charge in [0.15, 0.2) is 6.10 Å². The average Bonchev–Trinajstić information content (AvgIpc) is 3.24. The number of nitrogens with one attached hydrogen (secondary N) is 2. The smallest absolute Gasteiger partial charge is 0.307 e. The molecule has 0 aromatic heterocycles. The van der Waals surface area contributed by atoms with Gasteiger partial charge in [-0.2, -0.15) is 0 Å². The highest BCUT2D eigenvalue weighted by Gasteiger charge is 2.57. The number of hydrogen-bond donors (Lipinski definition) is 3. The van der Waals surface area contributed by atoms with Crippen LogP contribution in [-0.2, 0) is 14.4 Å². The lowest BCUT2D eigenvalue weighted by Crippen LogP contribution is -2.51. The van der Waals surface area contributed by atoms with Crippen molar-refractivity contribution in [1.29, 1.82) is 0 Å². The standard InChI is InChI=1S/C22H27ClN2O5/c1-10(2)17-14-6-7-15(17)19(22(28)29)18(14)21(27)25-24-20(26)12(4)30-16-8-5-13(23)9-11(16)3/h5,8-9,12,14-15,18-19H,6-7H2,1-4H3,(H,24,26)(H,25,27)(H,28,29)/t12-,14+,15+,18-,19-/m0/s1. The number of aliphatic carboxylic acids is 1. The number of aryl methyl sites for hydroxylation is 1. The van der Waals surface area contributed by atoms with Gasteiger partial charge in [-0.25, -0.2) is 0 Å². The monoisotopic (exact) mass is 434 g/mol. The van der Waals surface area contributed by atoms with Crippen LogP contribution in [0.5, 0.6) is 5.75 Å². The van der Waals surface area contributed by atoms with Gasteiger partial charge in [0, 0.05) is 5.02 Å². The molecule has 2 fully saturated rings. The molecule has 0 aliphatic heterocycles. The molecular formula is C22H27ClN2O5. The first-order valence-corrected chi connectivity index (χ1v) is 10.4. The zero-order valence-corrected chi connectivity index (χ0v) is 18.2. The van der Waals surface area contributed by atoms with Crippen molar-refractivity contribution in [2.24, 2.45) is 23.7 Å². The van der Waals surface area contributed by atoms with E-state index in [9.17, 15) is 19.5 Å². The second-order valence-electron chi connectivity index (χ2n) is 8.28. The van der Waals surface area contributed by atoms with Crippen molar-refractivity contribution in [3.05, 3.63) is 39.9 Å². The molecule has 1 aromatic carbocycles. The van der Waals surface area contributed by atoms with Gasteiger partial charge in [0.25, 0.3) is 5.91 Å². The predicted octanol–water partition coefficient (Wildman–Crippen LogP) is 3.26. The number of rotatable bonds is 5. The molecule has 3 N–H and O–H groups in total. The van der Waals surface area contributed by atoms with Crippen LogP contribution in [0.1, 0.15) is 39.2 Å². The summed E-state index contributed by atoms with van der Waals surface area (Å²) in [5.41, 5.74) is 7.74. The summed E-state index contributed by atoms with van der Waals surface area (Å²) in [4.78, 5) is 37.1. The number of hydrazine groups is 1. The fourth-order valence-electron chi connectivity index (χ4n) is 4.90. The second kappa shape index (κ2) is 8.68. The van der Waals surface area contributed by atoms with Crippen LogP contribution >= 0.6 is 11.6 Å². The number of carbonyl (C=O) groups excluding carboxylic acids is 2. The van der Waals surface area contributed by atoms with Crippen molar-refractivity contribution in [1.82, 2.24) is 10.9 Å². The van der Waals surface area contributed by atoms with Crippen LogP contribution in [-0.4, -0.2) is 29.0 Å². The summed E-state index contributed by atoms with van der Waals surface area (Å²) in [6.45, 7) is 7.29. The third-order valence-corrected chi connectivity index (χ3v) is 6.36. The van der Waals surface area contributed by atoms with Gasteiger partial charge < -0.3 is 9.84 Å². The van der Waals surface area contributed by atoms with Gasteiger partial charge in [-0.15, -0.1) is 0 Å². The van der Waals surface area contributed by atoms with Crippen LogP contribution in [0.15, 0.2) is 29.3 Å².